The predicted octanol–water partition coefficient (Wildman–Crippen LogP) is 2.22. The van der Waals surface area contributed by atoms with E-state index in [4.69, 9.17) is 4.74 Å². The van der Waals surface area contributed by atoms with E-state index in [0.29, 0.717) is 28.3 Å². The van der Waals surface area contributed by atoms with Crippen molar-refractivity contribution in [3.63, 3.8) is 0 Å². The minimum absolute atomic E-state index is 0.262. The number of ether oxygens (including phenoxy) is 1. The molecule has 24 heavy (non-hydrogen) atoms. The lowest BCUT2D eigenvalue weighted by atomic mass is 10.1. The molecular weight excluding hydrogens is 308 g/mol. The number of esters is 1. The second-order valence-electron chi connectivity index (χ2n) is 5.50. The molecule has 0 aliphatic carbocycles. The summed E-state index contributed by atoms with van der Waals surface area (Å²) >= 11 is 0. The Balaban J connectivity index is 1.76. The highest BCUT2D eigenvalue weighted by Crippen LogP contribution is 2.19. The number of nitrogens with one attached hydrogen (secondary N) is 3. The van der Waals surface area contributed by atoms with Crippen LogP contribution in [0.25, 0.3) is 11.0 Å². The number of hydrogen-bond acceptors (Lipinski definition) is 4. The molecule has 2 aromatic heterocycles. The highest BCUT2D eigenvalue weighted by Gasteiger charge is 2.22. The van der Waals surface area contributed by atoms with Crippen LogP contribution in [0.5, 0.6) is 0 Å². The molecule has 3 aromatic rings. The fourth-order valence-corrected chi connectivity index (χ4v) is 2.73. The van der Waals surface area contributed by atoms with Gasteiger partial charge in [0.15, 0.2) is 0 Å². The number of carbonyl (C=O) groups is 2. The first-order chi connectivity index (χ1) is 11.5. The van der Waals surface area contributed by atoms with Crippen molar-refractivity contribution in [2.24, 2.45) is 0 Å². The van der Waals surface area contributed by atoms with Crippen LogP contribution in [0.15, 0.2) is 24.3 Å². The third kappa shape index (κ3) is 2.76. The number of aromatic amines is 2. The van der Waals surface area contributed by atoms with Gasteiger partial charge in [-0.1, -0.05) is 12.1 Å². The maximum absolute atomic E-state index is 12.4. The average molecular weight is 326 g/mol. The molecule has 7 nitrogen and oxygen atoms in total. The molecule has 1 aromatic carbocycles. The summed E-state index contributed by atoms with van der Waals surface area (Å²) in [6, 6.07) is 7.65. The summed E-state index contributed by atoms with van der Waals surface area (Å²) in [7, 11) is 1.32. The Kier molecular flexibility index (Phi) is 4.07. The zero-order valence-electron chi connectivity index (χ0n) is 13.7. The van der Waals surface area contributed by atoms with Crippen LogP contribution >= 0.6 is 0 Å². The maximum Gasteiger partial charge on any atom is 0.339 e. The number of nitrogens with zero attached hydrogens (tertiary/aromatic N) is 1. The van der Waals surface area contributed by atoms with Crippen LogP contribution in [0.2, 0.25) is 0 Å². The van der Waals surface area contributed by atoms with Crippen LogP contribution in [0.4, 0.5) is 0 Å². The molecular formula is C17H18N4O3. The van der Waals surface area contributed by atoms with Crippen LogP contribution in [-0.2, 0) is 11.3 Å². The molecule has 0 atom stereocenters. The van der Waals surface area contributed by atoms with Crippen molar-refractivity contribution in [1.29, 1.82) is 0 Å². The van der Waals surface area contributed by atoms with Crippen LogP contribution < -0.4 is 5.32 Å². The number of benzene rings is 1. The van der Waals surface area contributed by atoms with Crippen molar-refractivity contribution < 1.29 is 14.3 Å². The quantitative estimate of drug-likeness (QED) is 0.640. The SMILES string of the molecule is COC(=O)c1c(C)[nH]c(C(=O)NCc2nc3ccccc3[nH]2)c1C. The number of H-pyrrole nitrogens is 2. The summed E-state index contributed by atoms with van der Waals surface area (Å²) in [5.41, 5.74) is 3.69. The molecule has 0 spiro atoms. The normalized spacial score (nSPS) is 10.8. The van der Waals surface area contributed by atoms with Gasteiger partial charge in [-0.3, -0.25) is 4.79 Å². The Morgan fingerprint density at radius 2 is 1.96 bits per heavy atom. The van der Waals surface area contributed by atoms with Gasteiger partial charge in [0.1, 0.15) is 11.5 Å². The Hall–Kier alpha value is -3.09. The lowest BCUT2D eigenvalue weighted by molar-refractivity contribution is 0.0599. The Morgan fingerprint density at radius 1 is 1.21 bits per heavy atom. The molecule has 0 saturated heterocycles. The lowest BCUT2D eigenvalue weighted by Gasteiger charge is -2.03. The summed E-state index contributed by atoms with van der Waals surface area (Å²) in [6.07, 6.45) is 0. The molecule has 0 aliphatic heterocycles. The van der Waals surface area contributed by atoms with Crippen LogP contribution in [0, 0.1) is 13.8 Å². The fourth-order valence-electron chi connectivity index (χ4n) is 2.73. The van der Waals surface area contributed by atoms with Gasteiger partial charge in [0.25, 0.3) is 5.91 Å². The number of fused-ring (bicyclic) bond motifs is 1. The minimum atomic E-state index is -0.461. The minimum Gasteiger partial charge on any atom is -0.465 e. The molecule has 0 radical (unpaired) electrons. The topological polar surface area (TPSA) is 99.9 Å². The number of aryl methyl sites for hydroxylation is 1. The van der Waals surface area contributed by atoms with Crippen molar-refractivity contribution in [1.82, 2.24) is 20.3 Å². The van der Waals surface area contributed by atoms with E-state index in [-0.39, 0.29) is 12.5 Å². The van der Waals surface area contributed by atoms with Gasteiger partial charge >= 0.3 is 5.97 Å². The van der Waals surface area contributed by atoms with E-state index < -0.39 is 5.97 Å². The number of aromatic nitrogens is 3. The summed E-state index contributed by atoms with van der Waals surface area (Å²) in [6.45, 7) is 3.71. The molecule has 3 N–H and O–H groups in total. The predicted molar refractivity (Wildman–Crippen MR) is 88.9 cm³/mol. The van der Waals surface area contributed by atoms with Crippen molar-refractivity contribution in [2.75, 3.05) is 7.11 Å². The number of para-hydroxylation sites is 2. The third-order valence-electron chi connectivity index (χ3n) is 3.91. The van der Waals surface area contributed by atoms with Crippen molar-refractivity contribution >= 4 is 22.9 Å². The van der Waals surface area contributed by atoms with Crippen molar-refractivity contribution in [3.05, 3.63) is 52.6 Å². The Morgan fingerprint density at radius 3 is 2.67 bits per heavy atom. The number of carbonyl (C=O) groups excluding carboxylic acids is 2. The number of hydrogen-bond donors (Lipinski definition) is 3. The first-order valence-electron chi connectivity index (χ1n) is 7.50. The molecule has 0 aliphatic rings. The van der Waals surface area contributed by atoms with E-state index >= 15 is 0 Å². The van der Waals surface area contributed by atoms with Crippen molar-refractivity contribution in [3.8, 4) is 0 Å². The number of rotatable bonds is 4. The fraction of sp³-hybridized carbons (Fsp3) is 0.235. The molecule has 0 saturated carbocycles. The lowest BCUT2D eigenvalue weighted by Crippen LogP contribution is -2.24. The van der Waals surface area contributed by atoms with Gasteiger partial charge in [-0.15, -0.1) is 0 Å². The van der Waals surface area contributed by atoms with Gasteiger partial charge in [0.2, 0.25) is 0 Å². The van der Waals surface area contributed by atoms with E-state index in [1.807, 2.05) is 24.3 Å². The van der Waals surface area contributed by atoms with Gasteiger partial charge in [-0.25, -0.2) is 9.78 Å². The monoisotopic (exact) mass is 326 g/mol. The molecule has 7 heteroatoms. The van der Waals surface area contributed by atoms with Crippen LogP contribution in [0.1, 0.15) is 37.9 Å². The maximum atomic E-state index is 12.4. The third-order valence-corrected chi connectivity index (χ3v) is 3.91. The van der Waals surface area contributed by atoms with Crippen molar-refractivity contribution in [2.45, 2.75) is 20.4 Å². The number of amides is 1. The standard InChI is InChI=1S/C17H18N4O3/c1-9-14(17(23)24-3)10(2)19-15(9)16(22)18-8-13-20-11-6-4-5-7-12(11)21-13/h4-7,19H,8H2,1-3H3,(H,18,22)(H,20,21). The molecule has 0 bridgehead atoms. The van der Waals surface area contributed by atoms with E-state index in [1.165, 1.54) is 7.11 Å². The average Bonchev–Trinajstić information content (AvgIpc) is 3.12. The van der Waals surface area contributed by atoms with E-state index in [0.717, 1.165) is 11.0 Å². The van der Waals surface area contributed by atoms with Gasteiger partial charge in [-0.2, -0.15) is 0 Å². The zero-order valence-corrected chi connectivity index (χ0v) is 13.7. The summed E-state index contributed by atoms with van der Waals surface area (Å²) in [5.74, 6) is -0.0949. The van der Waals surface area contributed by atoms with E-state index in [9.17, 15) is 9.59 Å². The number of methoxy groups -OCH3 is 1. The second kappa shape index (κ2) is 6.19. The van der Waals surface area contributed by atoms with Crippen LogP contribution in [0.3, 0.4) is 0 Å². The zero-order chi connectivity index (χ0) is 17.3. The van der Waals surface area contributed by atoms with Gasteiger partial charge in [0.05, 0.1) is 30.3 Å². The van der Waals surface area contributed by atoms with Gasteiger partial charge in [-0.05, 0) is 31.5 Å². The Labute approximate surface area is 138 Å². The molecule has 124 valence electrons. The highest BCUT2D eigenvalue weighted by molar-refractivity contribution is 6.00. The summed E-state index contributed by atoms with van der Waals surface area (Å²) < 4.78 is 4.75. The first kappa shape index (κ1) is 15.8. The van der Waals surface area contributed by atoms with Crippen LogP contribution in [-0.4, -0.2) is 33.9 Å². The molecule has 3 rings (SSSR count). The Bertz CT molecular complexity index is 890. The summed E-state index contributed by atoms with van der Waals surface area (Å²) in [5, 5.41) is 2.80. The number of imidazole rings is 1. The smallest absolute Gasteiger partial charge is 0.339 e. The molecule has 0 fully saturated rings. The van der Waals surface area contributed by atoms with Gasteiger partial charge in [0, 0.05) is 5.69 Å². The van der Waals surface area contributed by atoms with E-state index in [1.54, 1.807) is 13.8 Å². The van der Waals surface area contributed by atoms with Gasteiger partial charge < -0.3 is 20.0 Å². The largest absolute Gasteiger partial charge is 0.465 e. The summed E-state index contributed by atoms with van der Waals surface area (Å²) in [4.78, 5) is 34.7. The highest BCUT2D eigenvalue weighted by atomic mass is 16.5. The molecule has 0 unspecified atom stereocenters. The molecule has 1 amide bonds. The van der Waals surface area contributed by atoms with E-state index in [2.05, 4.69) is 20.3 Å². The second-order valence-corrected chi connectivity index (χ2v) is 5.50. The first-order valence-corrected chi connectivity index (χ1v) is 7.50. The molecule has 2 heterocycles.